The van der Waals surface area contributed by atoms with E-state index in [9.17, 15) is 14.9 Å². The monoisotopic (exact) mass is 357 g/mol. The third-order valence-corrected chi connectivity index (χ3v) is 4.58. The van der Waals surface area contributed by atoms with Gasteiger partial charge in [0, 0.05) is 18.4 Å². The van der Waals surface area contributed by atoms with Crippen molar-refractivity contribution in [1.82, 2.24) is 4.57 Å². The van der Waals surface area contributed by atoms with Crippen LogP contribution in [0.25, 0.3) is 11.8 Å². The number of nitrogens with zero attached hydrogens (tertiary/aromatic N) is 2. The molecule has 0 fully saturated rings. The number of esters is 1. The molecule has 0 aliphatic carbocycles. The van der Waals surface area contributed by atoms with Crippen LogP contribution in [0.15, 0.2) is 29.1 Å². The van der Waals surface area contributed by atoms with Gasteiger partial charge in [0.2, 0.25) is 0 Å². The van der Waals surface area contributed by atoms with E-state index in [0.29, 0.717) is 15.7 Å². The Bertz CT molecular complexity index is 979. The van der Waals surface area contributed by atoms with Crippen molar-refractivity contribution >= 4 is 34.8 Å². The molecule has 1 N–H and O–H groups in total. The van der Waals surface area contributed by atoms with Crippen molar-refractivity contribution in [2.45, 2.75) is 27.3 Å². The van der Waals surface area contributed by atoms with E-state index < -0.39 is 5.97 Å². The van der Waals surface area contributed by atoms with Crippen molar-refractivity contribution in [2.24, 2.45) is 0 Å². The number of hydrogen-bond donors (Lipinski definition) is 1. The zero-order chi connectivity index (χ0) is 18.4. The largest absolute Gasteiger partial charge is 0.462 e. The maximum absolute atomic E-state index is 12.5. The summed E-state index contributed by atoms with van der Waals surface area (Å²) in [6, 6.07) is 9.59. The molecule has 0 saturated heterocycles. The highest BCUT2D eigenvalue weighted by atomic mass is 32.1. The van der Waals surface area contributed by atoms with Crippen molar-refractivity contribution in [1.29, 1.82) is 5.26 Å². The van der Waals surface area contributed by atoms with E-state index in [0.717, 1.165) is 22.6 Å². The van der Waals surface area contributed by atoms with E-state index >= 15 is 0 Å². The number of nitrogens with one attached hydrogen (secondary N) is 1. The molecule has 1 heterocycles. The Morgan fingerprint density at radius 2 is 2.04 bits per heavy atom. The molecule has 2 aromatic rings. The summed E-state index contributed by atoms with van der Waals surface area (Å²) in [6.07, 6.45) is 1.59. The lowest BCUT2D eigenvalue weighted by molar-refractivity contribution is -0.136. The average molecular weight is 357 g/mol. The molecule has 7 heteroatoms. The summed E-state index contributed by atoms with van der Waals surface area (Å²) in [4.78, 5) is 24.5. The van der Waals surface area contributed by atoms with E-state index in [-0.39, 0.29) is 17.7 Å². The Labute approximate surface area is 149 Å². The summed E-state index contributed by atoms with van der Waals surface area (Å²) >= 11 is 1.09. The molecule has 1 aromatic carbocycles. The second kappa shape index (κ2) is 8.31. The van der Waals surface area contributed by atoms with Crippen molar-refractivity contribution in [3.05, 3.63) is 49.4 Å². The van der Waals surface area contributed by atoms with Crippen LogP contribution in [0.3, 0.4) is 0 Å². The lowest BCUT2D eigenvalue weighted by atomic mass is 10.2. The van der Waals surface area contributed by atoms with Crippen LogP contribution in [-0.4, -0.2) is 17.1 Å². The standard InChI is InChI=1S/C18H19N3O3S/c1-4-21-16(22)15(11-20-13-8-6-12(3)7-9-13)25-17(21)14(10-19)18(23)24-5-2/h6-9,11,20H,4-5H2,1-3H3. The number of ether oxygens (including phenoxy) is 1. The van der Waals surface area contributed by atoms with Crippen LogP contribution < -0.4 is 20.1 Å². The zero-order valence-corrected chi connectivity index (χ0v) is 15.1. The fourth-order valence-corrected chi connectivity index (χ4v) is 3.25. The Morgan fingerprint density at radius 1 is 1.36 bits per heavy atom. The maximum atomic E-state index is 12.5. The van der Waals surface area contributed by atoms with Gasteiger partial charge in [-0.15, -0.1) is 11.3 Å². The molecule has 0 bridgehead atoms. The van der Waals surface area contributed by atoms with Crippen LogP contribution in [0.4, 0.5) is 5.69 Å². The average Bonchev–Trinajstić information content (AvgIpc) is 2.91. The number of thiazole rings is 1. The van der Waals surface area contributed by atoms with E-state index in [2.05, 4.69) is 5.32 Å². The van der Waals surface area contributed by atoms with E-state index in [1.807, 2.05) is 37.3 Å². The molecule has 0 amide bonds. The topological polar surface area (TPSA) is 84.1 Å². The smallest absolute Gasteiger partial charge is 0.351 e. The summed E-state index contributed by atoms with van der Waals surface area (Å²) in [6.45, 7) is 5.97. The highest BCUT2D eigenvalue weighted by Crippen LogP contribution is 2.08. The Hall–Kier alpha value is -2.85. The van der Waals surface area contributed by atoms with Gasteiger partial charge >= 0.3 is 5.97 Å². The summed E-state index contributed by atoms with van der Waals surface area (Å²) < 4.78 is 7.03. The van der Waals surface area contributed by atoms with Crippen LogP contribution >= 0.6 is 11.3 Å². The molecule has 0 spiro atoms. The van der Waals surface area contributed by atoms with Gasteiger partial charge in [-0.05, 0) is 32.9 Å². The number of aryl methyl sites for hydroxylation is 1. The molecule has 0 aliphatic rings. The van der Waals surface area contributed by atoms with Crippen molar-refractivity contribution in [3.63, 3.8) is 0 Å². The van der Waals surface area contributed by atoms with Gasteiger partial charge < -0.3 is 10.1 Å². The van der Waals surface area contributed by atoms with Crippen molar-refractivity contribution < 1.29 is 9.53 Å². The molecule has 0 saturated carbocycles. The van der Waals surface area contributed by atoms with Gasteiger partial charge in [-0.2, -0.15) is 5.26 Å². The van der Waals surface area contributed by atoms with Crippen LogP contribution in [0.2, 0.25) is 0 Å². The Morgan fingerprint density at radius 3 is 2.60 bits per heavy atom. The van der Waals surface area contributed by atoms with Crippen molar-refractivity contribution in [3.8, 4) is 6.07 Å². The Kier molecular flexibility index (Phi) is 6.14. The molecule has 1 aromatic heterocycles. The number of aromatic nitrogens is 1. The zero-order valence-electron chi connectivity index (χ0n) is 14.3. The van der Waals surface area contributed by atoms with Gasteiger partial charge in [0.05, 0.1) is 6.61 Å². The predicted molar refractivity (Wildman–Crippen MR) is 98.4 cm³/mol. The molecule has 2 rings (SSSR count). The van der Waals surface area contributed by atoms with E-state index in [1.165, 1.54) is 4.57 Å². The SMILES string of the molecule is CCOC(=O)C(C#N)=c1sc(=CNc2ccc(C)cc2)c(=O)n1CC. The number of carbonyl (C=O) groups is 1. The number of nitriles is 1. The van der Waals surface area contributed by atoms with E-state index in [1.54, 1.807) is 20.0 Å². The summed E-state index contributed by atoms with van der Waals surface area (Å²) in [7, 11) is 0. The highest BCUT2D eigenvalue weighted by molar-refractivity contribution is 7.07. The van der Waals surface area contributed by atoms with Gasteiger partial charge in [-0.1, -0.05) is 17.7 Å². The molecular weight excluding hydrogens is 338 g/mol. The molecule has 0 radical (unpaired) electrons. The molecular formula is C18H19N3O3S. The number of carbonyl (C=O) groups excluding carboxylic acids is 1. The minimum atomic E-state index is -0.716. The molecule has 0 unspecified atom stereocenters. The lowest BCUT2D eigenvalue weighted by Crippen LogP contribution is -2.32. The van der Waals surface area contributed by atoms with Crippen molar-refractivity contribution in [2.75, 3.05) is 11.9 Å². The summed E-state index contributed by atoms with van der Waals surface area (Å²) in [5.41, 5.74) is 1.58. The quantitative estimate of drug-likeness (QED) is 0.816. The minimum Gasteiger partial charge on any atom is -0.462 e. The van der Waals surface area contributed by atoms with Gasteiger partial charge in [0.15, 0.2) is 5.57 Å². The van der Waals surface area contributed by atoms with Gasteiger partial charge in [0.25, 0.3) is 5.56 Å². The third kappa shape index (κ3) is 4.17. The fraction of sp³-hybridized carbons (Fsp3) is 0.278. The second-order valence-electron chi connectivity index (χ2n) is 5.18. The number of anilines is 1. The summed E-state index contributed by atoms with van der Waals surface area (Å²) in [5, 5.41) is 12.4. The molecule has 25 heavy (non-hydrogen) atoms. The highest BCUT2D eigenvalue weighted by Gasteiger charge is 2.16. The predicted octanol–water partition coefficient (Wildman–Crippen LogP) is 1.33. The first kappa shape index (κ1) is 18.5. The van der Waals surface area contributed by atoms with E-state index in [4.69, 9.17) is 4.74 Å². The first-order valence-electron chi connectivity index (χ1n) is 7.86. The van der Waals surface area contributed by atoms with Gasteiger partial charge in [-0.25, -0.2) is 4.79 Å². The van der Waals surface area contributed by atoms with Gasteiger partial charge in [0.1, 0.15) is 15.3 Å². The first-order valence-corrected chi connectivity index (χ1v) is 8.68. The molecule has 0 aliphatic heterocycles. The van der Waals surface area contributed by atoms with Crippen LogP contribution in [0.1, 0.15) is 19.4 Å². The maximum Gasteiger partial charge on any atom is 0.351 e. The van der Waals surface area contributed by atoms with Gasteiger partial charge in [-0.3, -0.25) is 9.36 Å². The second-order valence-corrected chi connectivity index (χ2v) is 6.21. The van der Waals surface area contributed by atoms with Crippen LogP contribution in [-0.2, 0) is 16.1 Å². The fourth-order valence-electron chi connectivity index (χ4n) is 2.18. The third-order valence-electron chi connectivity index (χ3n) is 3.45. The number of rotatable bonds is 5. The number of hydrogen-bond acceptors (Lipinski definition) is 6. The normalized spacial score (nSPS) is 12.5. The first-order chi connectivity index (χ1) is 12.0. The number of benzene rings is 1. The minimum absolute atomic E-state index is 0.152. The molecule has 0 atom stereocenters. The van der Waals surface area contributed by atoms with Crippen LogP contribution in [0.5, 0.6) is 0 Å². The molecule has 130 valence electrons. The molecule has 6 nitrogen and oxygen atoms in total. The Balaban J connectivity index is 2.55. The van der Waals surface area contributed by atoms with Crippen LogP contribution in [0, 0.1) is 18.3 Å². The summed E-state index contributed by atoms with van der Waals surface area (Å²) in [5.74, 6) is -0.716. The lowest BCUT2D eigenvalue weighted by Gasteiger charge is -2.00.